The first-order chi connectivity index (χ1) is 6.66. The molecular weight excluding hydrogens is 176 g/mol. The maximum Gasteiger partial charge on any atom is 0.0588 e. The van der Waals surface area contributed by atoms with Crippen molar-refractivity contribution in [1.82, 2.24) is 0 Å². The van der Waals surface area contributed by atoms with Gasteiger partial charge >= 0.3 is 0 Å². The van der Waals surface area contributed by atoms with Crippen molar-refractivity contribution in [2.45, 2.75) is 33.6 Å². The van der Waals surface area contributed by atoms with Crippen LogP contribution in [0.3, 0.4) is 0 Å². The minimum atomic E-state index is 0.607. The Hall–Kier alpha value is -0.410. The minimum absolute atomic E-state index is 0.607. The Balaban J connectivity index is 3.32. The lowest BCUT2D eigenvalue weighted by Crippen LogP contribution is -2.09. The number of rotatable bonds is 8. The molecule has 0 unspecified atom stereocenters. The summed E-state index contributed by atoms with van der Waals surface area (Å²) in [4.78, 5) is 4.47. The first kappa shape index (κ1) is 13.6. The third-order valence-electron chi connectivity index (χ3n) is 1.79. The fourth-order valence-corrected chi connectivity index (χ4v) is 1.28. The van der Waals surface area contributed by atoms with Gasteiger partial charge in [-0.05, 0) is 25.7 Å². The Bertz CT molecular complexity index is 155. The molecule has 0 spiro atoms. The van der Waals surface area contributed by atoms with Gasteiger partial charge in [-0.3, -0.25) is 4.99 Å². The van der Waals surface area contributed by atoms with Gasteiger partial charge in [-0.2, -0.15) is 0 Å². The summed E-state index contributed by atoms with van der Waals surface area (Å²) >= 11 is 0. The van der Waals surface area contributed by atoms with E-state index in [4.69, 9.17) is 10.5 Å². The maximum absolute atomic E-state index is 5.29. The van der Waals surface area contributed by atoms with Gasteiger partial charge in [0.1, 0.15) is 0 Å². The molecule has 2 N–H and O–H groups in total. The van der Waals surface area contributed by atoms with Crippen LogP contribution < -0.4 is 5.73 Å². The molecule has 0 aromatic heterocycles. The van der Waals surface area contributed by atoms with Crippen molar-refractivity contribution in [1.29, 1.82) is 0 Å². The third kappa shape index (κ3) is 9.68. The Morgan fingerprint density at radius 2 is 2.07 bits per heavy atom. The molecule has 0 rings (SSSR count). The Kier molecular flexibility index (Phi) is 8.89. The molecule has 0 atom stereocenters. The SMILES string of the molecule is CC(CC(C)C)=NCCCOCCN. The summed E-state index contributed by atoms with van der Waals surface area (Å²) in [7, 11) is 0. The quantitative estimate of drug-likeness (QED) is 0.480. The highest BCUT2D eigenvalue weighted by Gasteiger charge is 1.96. The maximum atomic E-state index is 5.29. The second-order valence-electron chi connectivity index (χ2n) is 3.97. The number of hydrogen-bond donors (Lipinski definition) is 1. The molecule has 0 fully saturated rings. The Morgan fingerprint density at radius 3 is 2.64 bits per heavy atom. The fraction of sp³-hybridized carbons (Fsp3) is 0.909. The number of nitrogens with two attached hydrogens (primary N) is 1. The fourth-order valence-electron chi connectivity index (χ4n) is 1.28. The van der Waals surface area contributed by atoms with Gasteiger partial charge in [0.2, 0.25) is 0 Å². The van der Waals surface area contributed by atoms with Crippen LogP contribution in [0.15, 0.2) is 4.99 Å². The van der Waals surface area contributed by atoms with Crippen LogP contribution in [0.2, 0.25) is 0 Å². The van der Waals surface area contributed by atoms with E-state index in [1.807, 2.05) is 0 Å². The summed E-state index contributed by atoms with van der Waals surface area (Å²) in [5.74, 6) is 0.701. The van der Waals surface area contributed by atoms with Gasteiger partial charge < -0.3 is 10.5 Å². The van der Waals surface area contributed by atoms with Crippen molar-refractivity contribution in [3.05, 3.63) is 0 Å². The molecular formula is C11H24N2O. The van der Waals surface area contributed by atoms with E-state index in [1.165, 1.54) is 5.71 Å². The van der Waals surface area contributed by atoms with Gasteiger partial charge in [0.25, 0.3) is 0 Å². The van der Waals surface area contributed by atoms with E-state index in [9.17, 15) is 0 Å². The van der Waals surface area contributed by atoms with E-state index in [-0.39, 0.29) is 0 Å². The minimum Gasteiger partial charge on any atom is -0.380 e. The standard InChI is InChI=1S/C11H24N2O/c1-10(2)9-11(3)13-6-4-7-14-8-5-12/h10H,4-9,12H2,1-3H3. The number of aliphatic imine (C=N–C) groups is 1. The predicted octanol–water partition coefficient (Wildman–Crippen LogP) is 1.86. The molecule has 0 heterocycles. The zero-order chi connectivity index (χ0) is 10.8. The van der Waals surface area contributed by atoms with Crippen molar-refractivity contribution in [3.63, 3.8) is 0 Å². The third-order valence-corrected chi connectivity index (χ3v) is 1.79. The van der Waals surface area contributed by atoms with E-state index in [0.717, 1.165) is 26.0 Å². The van der Waals surface area contributed by atoms with Gasteiger partial charge in [0.05, 0.1) is 6.61 Å². The molecule has 0 bridgehead atoms. The highest BCUT2D eigenvalue weighted by molar-refractivity contribution is 5.81. The zero-order valence-electron chi connectivity index (χ0n) is 9.75. The molecule has 0 aliphatic rings. The van der Waals surface area contributed by atoms with Crippen LogP contribution in [-0.2, 0) is 4.74 Å². The number of hydrogen-bond acceptors (Lipinski definition) is 3. The van der Waals surface area contributed by atoms with E-state index < -0.39 is 0 Å². The molecule has 0 aromatic rings. The highest BCUT2D eigenvalue weighted by Crippen LogP contribution is 2.01. The molecule has 0 aliphatic heterocycles. The number of nitrogens with zero attached hydrogens (tertiary/aromatic N) is 1. The highest BCUT2D eigenvalue weighted by atomic mass is 16.5. The van der Waals surface area contributed by atoms with E-state index in [1.54, 1.807) is 0 Å². The average Bonchev–Trinajstić information content (AvgIpc) is 2.10. The number of ether oxygens (including phenoxy) is 1. The van der Waals surface area contributed by atoms with Crippen molar-refractivity contribution in [2.75, 3.05) is 26.3 Å². The van der Waals surface area contributed by atoms with E-state index in [2.05, 4.69) is 25.8 Å². The first-order valence-electron chi connectivity index (χ1n) is 5.44. The summed E-state index contributed by atoms with van der Waals surface area (Å²) in [5, 5.41) is 0. The Labute approximate surface area is 87.7 Å². The lowest BCUT2D eigenvalue weighted by atomic mass is 10.1. The van der Waals surface area contributed by atoms with Crippen LogP contribution in [0.1, 0.15) is 33.6 Å². The summed E-state index contributed by atoms with van der Waals surface area (Å²) in [6.45, 7) is 9.44. The summed E-state index contributed by atoms with van der Waals surface area (Å²) in [6, 6.07) is 0. The molecule has 3 heteroatoms. The van der Waals surface area contributed by atoms with E-state index in [0.29, 0.717) is 19.1 Å². The Morgan fingerprint density at radius 1 is 1.36 bits per heavy atom. The van der Waals surface area contributed by atoms with Gasteiger partial charge in [-0.15, -0.1) is 0 Å². The molecule has 0 radical (unpaired) electrons. The van der Waals surface area contributed by atoms with Gasteiger partial charge in [0, 0.05) is 25.4 Å². The van der Waals surface area contributed by atoms with Crippen molar-refractivity contribution in [2.24, 2.45) is 16.6 Å². The van der Waals surface area contributed by atoms with Crippen LogP contribution in [-0.4, -0.2) is 32.0 Å². The van der Waals surface area contributed by atoms with Crippen LogP contribution in [0.5, 0.6) is 0 Å². The van der Waals surface area contributed by atoms with Crippen molar-refractivity contribution < 1.29 is 4.74 Å². The smallest absolute Gasteiger partial charge is 0.0588 e. The molecule has 0 saturated heterocycles. The molecule has 3 nitrogen and oxygen atoms in total. The first-order valence-corrected chi connectivity index (χ1v) is 5.44. The van der Waals surface area contributed by atoms with Gasteiger partial charge in [0.15, 0.2) is 0 Å². The second kappa shape index (κ2) is 9.16. The lowest BCUT2D eigenvalue weighted by molar-refractivity contribution is 0.140. The largest absolute Gasteiger partial charge is 0.380 e. The van der Waals surface area contributed by atoms with Crippen LogP contribution >= 0.6 is 0 Å². The van der Waals surface area contributed by atoms with Crippen molar-refractivity contribution in [3.8, 4) is 0 Å². The van der Waals surface area contributed by atoms with E-state index >= 15 is 0 Å². The second-order valence-corrected chi connectivity index (χ2v) is 3.97. The monoisotopic (exact) mass is 200 g/mol. The zero-order valence-corrected chi connectivity index (χ0v) is 9.75. The molecule has 0 aromatic carbocycles. The molecule has 0 saturated carbocycles. The van der Waals surface area contributed by atoms with Crippen LogP contribution in [0, 0.1) is 5.92 Å². The van der Waals surface area contributed by atoms with Gasteiger partial charge in [-0.1, -0.05) is 13.8 Å². The molecule has 84 valence electrons. The molecule has 14 heavy (non-hydrogen) atoms. The molecule has 0 amide bonds. The lowest BCUT2D eigenvalue weighted by Gasteiger charge is -2.04. The van der Waals surface area contributed by atoms with Crippen LogP contribution in [0.25, 0.3) is 0 Å². The average molecular weight is 200 g/mol. The summed E-state index contributed by atoms with van der Waals surface area (Å²) < 4.78 is 5.25. The van der Waals surface area contributed by atoms with Crippen molar-refractivity contribution >= 4 is 5.71 Å². The normalized spacial score (nSPS) is 12.5. The topological polar surface area (TPSA) is 47.6 Å². The van der Waals surface area contributed by atoms with Crippen LogP contribution in [0.4, 0.5) is 0 Å². The summed E-state index contributed by atoms with van der Waals surface area (Å²) in [5.41, 5.74) is 6.54. The predicted molar refractivity (Wildman–Crippen MR) is 61.9 cm³/mol. The molecule has 0 aliphatic carbocycles. The summed E-state index contributed by atoms with van der Waals surface area (Å²) in [6.07, 6.45) is 2.10. The van der Waals surface area contributed by atoms with Gasteiger partial charge in [-0.25, -0.2) is 0 Å².